The molecular formula is C20H14N2OS. The topological polar surface area (TPSA) is 46.0 Å². The Morgan fingerprint density at radius 2 is 1.42 bits per heavy atom. The van der Waals surface area contributed by atoms with Crippen LogP contribution in [0.2, 0.25) is 0 Å². The maximum atomic E-state index is 10.3. The summed E-state index contributed by atoms with van der Waals surface area (Å²) >= 11 is 1.30. The SMILES string of the molecule is Oc1nsc(-c2ccncc2)c1-c1cccc(-c2ccccc2)c1. The highest BCUT2D eigenvalue weighted by atomic mass is 32.1. The number of benzene rings is 2. The van der Waals surface area contributed by atoms with Gasteiger partial charge in [-0.25, -0.2) is 0 Å². The maximum absolute atomic E-state index is 10.3. The molecule has 0 bridgehead atoms. The molecular weight excluding hydrogens is 316 g/mol. The second-order valence-corrected chi connectivity index (χ2v) is 6.17. The van der Waals surface area contributed by atoms with Crippen molar-refractivity contribution in [3.63, 3.8) is 0 Å². The quantitative estimate of drug-likeness (QED) is 0.558. The Labute approximate surface area is 144 Å². The lowest BCUT2D eigenvalue weighted by Gasteiger charge is -2.07. The third-order valence-corrected chi connectivity index (χ3v) is 4.76. The Hall–Kier alpha value is -2.98. The van der Waals surface area contributed by atoms with Crippen molar-refractivity contribution >= 4 is 11.5 Å². The molecule has 0 saturated carbocycles. The van der Waals surface area contributed by atoms with Crippen molar-refractivity contribution in [2.45, 2.75) is 0 Å². The molecule has 116 valence electrons. The van der Waals surface area contributed by atoms with Crippen molar-refractivity contribution in [1.82, 2.24) is 9.36 Å². The summed E-state index contributed by atoms with van der Waals surface area (Å²) in [7, 11) is 0. The highest BCUT2D eigenvalue weighted by Crippen LogP contribution is 2.42. The summed E-state index contributed by atoms with van der Waals surface area (Å²) < 4.78 is 4.15. The van der Waals surface area contributed by atoms with Crippen LogP contribution in [0.1, 0.15) is 0 Å². The molecule has 0 aliphatic heterocycles. The van der Waals surface area contributed by atoms with Gasteiger partial charge in [0, 0.05) is 12.4 Å². The molecule has 4 aromatic rings. The van der Waals surface area contributed by atoms with E-state index in [4.69, 9.17) is 0 Å². The zero-order valence-corrected chi connectivity index (χ0v) is 13.6. The monoisotopic (exact) mass is 330 g/mol. The van der Waals surface area contributed by atoms with Crippen molar-refractivity contribution in [3.05, 3.63) is 79.1 Å². The Kier molecular flexibility index (Phi) is 3.81. The zero-order chi connectivity index (χ0) is 16.4. The number of nitrogens with zero attached hydrogens (tertiary/aromatic N) is 2. The average molecular weight is 330 g/mol. The van der Waals surface area contributed by atoms with Gasteiger partial charge in [-0.15, -0.1) is 0 Å². The van der Waals surface area contributed by atoms with Gasteiger partial charge in [-0.05, 0) is 52.0 Å². The molecule has 0 aliphatic rings. The van der Waals surface area contributed by atoms with Gasteiger partial charge in [0.2, 0.25) is 5.88 Å². The van der Waals surface area contributed by atoms with Gasteiger partial charge in [-0.1, -0.05) is 48.5 Å². The van der Waals surface area contributed by atoms with Gasteiger partial charge in [-0.2, -0.15) is 4.37 Å². The van der Waals surface area contributed by atoms with Crippen molar-refractivity contribution in [2.24, 2.45) is 0 Å². The highest BCUT2D eigenvalue weighted by molar-refractivity contribution is 7.10. The molecule has 2 heterocycles. The standard InChI is InChI=1S/C20H14N2OS/c23-20-18(19(24-22-20)15-9-11-21-12-10-15)17-8-4-7-16(13-17)14-5-2-1-3-6-14/h1-13H,(H,22,23). The summed E-state index contributed by atoms with van der Waals surface area (Å²) in [6.07, 6.45) is 3.49. The number of aromatic nitrogens is 2. The third kappa shape index (κ3) is 2.68. The summed E-state index contributed by atoms with van der Waals surface area (Å²) in [5.74, 6) is 0.0667. The fraction of sp³-hybridized carbons (Fsp3) is 0. The van der Waals surface area contributed by atoms with Gasteiger partial charge in [-0.3, -0.25) is 4.98 Å². The molecule has 0 saturated heterocycles. The first-order valence-corrected chi connectivity index (χ1v) is 8.35. The van der Waals surface area contributed by atoms with E-state index in [-0.39, 0.29) is 5.88 Å². The van der Waals surface area contributed by atoms with E-state index in [1.54, 1.807) is 12.4 Å². The van der Waals surface area contributed by atoms with Crippen LogP contribution in [-0.4, -0.2) is 14.5 Å². The molecule has 0 radical (unpaired) electrons. The van der Waals surface area contributed by atoms with E-state index in [9.17, 15) is 5.11 Å². The second-order valence-electron chi connectivity index (χ2n) is 5.39. The van der Waals surface area contributed by atoms with Crippen LogP contribution in [0, 0.1) is 0 Å². The average Bonchev–Trinajstić information content (AvgIpc) is 3.05. The van der Waals surface area contributed by atoms with Gasteiger partial charge in [0.05, 0.1) is 10.4 Å². The van der Waals surface area contributed by atoms with Crippen LogP contribution in [-0.2, 0) is 0 Å². The smallest absolute Gasteiger partial charge is 0.231 e. The second kappa shape index (κ2) is 6.26. The van der Waals surface area contributed by atoms with Crippen molar-refractivity contribution < 1.29 is 5.11 Å². The molecule has 1 N–H and O–H groups in total. The Morgan fingerprint density at radius 3 is 2.21 bits per heavy atom. The van der Waals surface area contributed by atoms with Crippen LogP contribution in [0.15, 0.2) is 79.1 Å². The minimum Gasteiger partial charge on any atom is -0.492 e. The van der Waals surface area contributed by atoms with Gasteiger partial charge < -0.3 is 5.11 Å². The number of hydrogen-bond donors (Lipinski definition) is 1. The zero-order valence-electron chi connectivity index (χ0n) is 12.8. The molecule has 2 aromatic carbocycles. The summed E-state index contributed by atoms with van der Waals surface area (Å²) in [5.41, 5.74) is 4.98. The molecule has 0 spiro atoms. The molecule has 0 aliphatic carbocycles. The predicted molar refractivity (Wildman–Crippen MR) is 97.9 cm³/mol. The largest absolute Gasteiger partial charge is 0.492 e. The van der Waals surface area contributed by atoms with E-state index in [1.165, 1.54) is 11.5 Å². The van der Waals surface area contributed by atoms with Crippen LogP contribution in [0.5, 0.6) is 5.88 Å². The van der Waals surface area contributed by atoms with Crippen LogP contribution in [0.4, 0.5) is 0 Å². The van der Waals surface area contributed by atoms with Crippen LogP contribution < -0.4 is 0 Å². The summed E-state index contributed by atoms with van der Waals surface area (Å²) in [4.78, 5) is 5.00. The highest BCUT2D eigenvalue weighted by Gasteiger charge is 2.17. The Bertz CT molecular complexity index is 965. The van der Waals surface area contributed by atoms with Gasteiger partial charge in [0.15, 0.2) is 0 Å². The summed E-state index contributed by atoms with van der Waals surface area (Å²) in [6.45, 7) is 0. The summed E-state index contributed by atoms with van der Waals surface area (Å²) in [6, 6.07) is 22.2. The number of rotatable bonds is 3. The first-order chi connectivity index (χ1) is 11.8. The molecule has 0 atom stereocenters. The van der Waals surface area contributed by atoms with E-state index in [2.05, 4.69) is 33.6 Å². The molecule has 0 amide bonds. The lowest BCUT2D eigenvalue weighted by molar-refractivity contribution is 0.462. The molecule has 3 nitrogen and oxygen atoms in total. The van der Waals surface area contributed by atoms with Gasteiger partial charge >= 0.3 is 0 Å². The Balaban J connectivity index is 1.85. The molecule has 0 fully saturated rings. The maximum Gasteiger partial charge on any atom is 0.231 e. The van der Waals surface area contributed by atoms with Crippen molar-refractivity contribution in [1.29, 1.82) is 0 Å². The fourth-order valence-electron chi connectivity index (χ4n) is 2.73. The van der Waals surface area contributed by atoms with E-state index in [0.29, 0.717) is 0 Å². The van der Waals surface area contributed by atoms with E-state index in [1.807, 2.05) is 42.5 Å². The molecule has 4 rings (SSSR count). The molecule has 24 heavy (non-hydrogen) atoms. The first kappa shape index (κ1) is 14.6. The minimum atomic E-state index is 0.0667. The normalized spacial score (nSPS) is 10.7. The number of hydrogen-bond acceptors (Lipinski definition) is 4. The molecule has 0 unspecified atom stereocenters. The predicted octanol–water partition coefficient (Wildman–Crippen LogP) is 5.24. The minimum absolute atomic E-state index is 0.0667. The third-order valence-electron chi connectivity index (χ3n) is 3.87. The Morgan fingerprint density at radius 1 is 0.708 bits per heavy atom. The van der Waals surface area contributed by atoms with Gasteiger partial charge in [0.25, 0.3) is 0 Å². The van der Waals surface area contributed by atoms with Crippen LogP contribution in [0.25, 0.3) is 32.7 Å². The molecule has 4 heteroatoms. The van der Waals surface area contributed by atoms with Crippen LogP contribution in [0.3, 0.4) is 0 Å². The van der Waals surface area contributed by atoms with Crippen molar-refractivity contribution in [3.8, 4) is 38.6 Å². The number of aromatic hydroxyl groups is 1. The van der Waals surface area contributed by atoms with Crippen LogP contribution >= 0.6 is 11.5 Å². The number of pyridine rings is 1. The lowest BCUT2D eigenvalue weighted by Crippen LogP contribution is -1.83. The van der Waals surface area contributed by atoms with Crippen molar-refractivity contribution in [2.75, 3.05) is 0 Å². The molecule has 2 aromatic heterocycles. The van der Waals surface area contributed by atoms with E-state index < -0.39 is 0 Å². The lowest BCUT2D eigenvalue weighted by atomic mass is 9.98. The first-order valence-electron chi connectivity index (χ1n) is 7.58. The van der Waals surface area contributed by atoms with E-state index in [0.717, 1.165) is 32.7 Å². The van der Waals surface area contributed by atoms with E-state index >= 15 is 0 Å². The van der Waals surface area contributed by atoms with Gasteiger partial charge in [0.1, 0.15) is 0 Å². The summed E-state index contributed by atoms with van der Waals surface area (Å²) in [5, 5.41) is 10.3. The fourth-order valence-corrected chi connectivity index (χ4v) is 3.54.